The molecule has 1 aromatic carbocycles. The summed E-state index contributed by atoms with van der Waals surface area (Å²) in [5.41, 5.74) is 2.20. The number of amides is 1. The van der Waals surface area contributed by atoms with Crippen LogP contribution < -0.4 is 5.32 Å². The molecule has 0 radical (unpaired) electrons. The lowest BCUT2D eigenvalue weighted by atomic mass is 10.1. The van der Waals surface area contributed by atoms with Gasteiger partial charge in [-0.25, -0.2) is 0 Å². The fraction of sp³-hybridized carbons (Fsp3) is 0.312. The van der Waals surface area contributed by atoms with Crippen molar-refractivity contribution in [3.63, 3.8) is 0 Å². The monoisotopic (exact) mass is 301 g/mol. The maximum atomic E-state index is 11.8. The highest BCUT2D eigenvalue weighted by atomic mass is 32.1. The Morgan fingerprint density at radius 3 is 2.76 bits per heavy atom. The number of carbonyl (C=O) groups is 1. The molecular formula is C16H19N3OS. The Kier molecular flexibility index (Phi) is 5.63. The molecule has 0 saturated carbocycles. The highest BCUT2D eigenvalue weighted by molar-refractivity contribution is 7.15. The minimum Gasteiger partial charge on any atom is -0.297 e. The molecule has 110 valence electrons. The Morgan fingerprint density at radius 1 is 1.29 bits per heavy atom. The minimum absolute atomic E-state index is 0.186. The van der Waals surface area contributed by atoms with Crippen LogP contribution in [-0.4, -0.2) is 16.1 Å². The van der Waals surface area contributed by atoms with Gasteiger partial charge >= 0.3 is 0 Å². The second-order valence-electron chi connectivity index (χ2n) is 4.84. The van der Waals surface area contributed by atoms with Crippen LogP contribution in [0.1, 0.15) is 35.9 Å². The molecule has 0 fully saturated rings. The van der Waals surface area contributed by atoms with Crippen LogP contribution >= 0.6 is 11.3 Å². The Balaban J connectivity index is 1.89. The van der Waals surface area contributed by atoms with Gasteiger partial charge in [-0.05, 0) is 25.0 Å². The molecule has 1 aromatic heterocycles. The molecule has 0 aliphatic carbocycles. The zero-order chi connectivity index (χ0) is 15.1. The van der Waals surface area contributed by atoms with Crippen molar-refractivity contribution < 1.29 is 4.79 Å². The van der Waals surface area contributed by atoms with Gasteiger partial charge in [-0.2, -0.15) is 0 Å². The lowest BCUT2D eigenvalue weighted by Crippen LogP contribution is -2.07. The average Bonchev–Trinajstić information content (AvgIpc) is 2.92. The molecule has 0 aliphatic heterocycles. The van der Waals surface area contributed by atoms with E-state index in [1.165, 1.54) is 23.0 Å². The van der Waals surface area contributed by atoms with Gasteiger partial charge < -0.3 is 0 Å². The van der Waals surface area contributed by atoms with Gasteiger partial charge in [0.05, 0.1) is 0 Å². The number of aromatic nitrogens is 2. The first kappa shape index (κ1) is 15.4. The lowest BCUT2D eigenvalue weighted by molar-refractivity contribution is -0.111. The van der Waals surface area contributed by atoms with Gasteiger partial charge in [0.15, 0.2) is 0 Å². The molecule has 1 heterocycles. The zero-order valence-corrected chi connectivity index (χ0v) is 13.1. The van der Waals surface area contributed by atoms with Crippen molar-refractivity contribution in [2.75, 3.05) is 5.32 Å². The van der Waals surface area contributed by atoms with Crippen molar-refractivity contribution in [2.24, 2.45) is 0 Å². The third-order valence-corrected chi connectivity index (χ3v) is 3.84. The second kappa shape index (κ2) is 7.69. The van der Waals surface area contributed by atoms with Crippen molar-refractivity contribution in [2.45, 2.75) is 33.1 Å². The molecule has 5 heteroatoms. The number of benzene rings is 1. The van der Waals surface area contributed by atoms with Gasteiger partial charge in [0.2, 0.25) is 11.0 Å². The summed E-state index contributed by atoms with van der Waals surface area (Å²) >= 11 is 1.44. The molecule has 1 amide bonds. The van der Waals surface area contributed by atoms with Crippen LogP contribution in [0.4, 0.5) is 5.13 Å². The van der Waals surface area contributed by atoms with Crippen molar-refractivity contribution in [3.05, 3.63) is 46.5 Å². The van der Waals surface area contributed by atoms with E-state index in [1.807, 2.05) is 31.2 Å². The summed E-state index contributed by atoms with van der Waals surface area (Å²) in [7, 11) is 0. The maximum absolute atomic E-state index is 11.8. The molecule has 2 aromatic rings. The molecule has 0 spiro atoms. The van der Waals surface area contributed by atoms with E-state index in [0.717, 1.165) is 29.8 Å². The summed E-state index contributed by atoms with van der Waals surface area (Å²) < 4.78 is 0. The SMILES string of the molecule is CCCCc1nnc(NC(=O)/C=C/c2ccc(C)cc2)s1. The first-order chi connectivity index (χ1) is 10.2. The van der Waals surface area contributed by atoms with Crippen molar-refractivity contribution in [1.82, 2.24) is 10.2 Å². The number of hydrogen-bond donors (Lipinski definition) is 1. The quantitative estimate of drug-likeness (QED) is 0.825. The van der Waals surface area contributed by atoms with Crippen LogP contribution in [0.5, 0.6) is 0 Å². The summed E-state index contributed by atoms with van der Waals surface area (Å²) in [5.74, 6) is -0.186. The Bertz CT molecular complexity index is 617. The van der Waals surface area contributed by atoms with E-state index in [0.29, 0.717) is 5.13 Å². The normalized spacial score (nSPS) is 11.0. The van der Waals surface area contributed by atoms with Crippen LogP contribution in [-0.2, 0) is 11.2 Å². The number of aryl methyl sites for hydroxylation is 2. The Labute approximate surface area is 128 Å². The third-order valence-electron chi connectivity index (χ3n) is 2.95. The predicted molar refractivity (Wildman–Crippen MR) is 87.4 cm³/mol. The van der Waals surface area contributed by atoms with Crippen molar-refractivity contribution in [1.29, 1.82) is 0 Å². The second-order valence-corrected chi connectivity index (χ2v) is 5.90. The summed E-state index contributed by atoms with van der Waals surface area (Å²) in [4.78, 5) is 11.8. The van der Waals surface area contributed by atoms with Crippen LogP contribution in [0.2, 0.25) is 0 Å². The van der Waals surface area contributed by atoms with E-state index in [-0.39, 0.29) is 5.91 Å². The molecule has 1 N–H and O–H groups in total. The number of unbranched alkanes of at least 4 members (excludes halogenated alkanes) is 1. The number of carbonyl (C=O) groups excluding carboxylic acids is 1. The van der Waals surface area contributed by atoms with E-state index in [2.05, 4.69) is 22.4 Å². The average molecular weight is 301 g/mol. The predicted octanol–water partition coefficient (Wildman–Crippen LogP) is 3.84. The van der Waals surface area contributed by atoms with Gasteiger partial charge in [-0.1, -0.05) is 54.5 Å². The molecule has 0 aliphatic rings. The van der Waals surface area contributed by atoms with Gasteiger partial charge in [0.25, 0.3) is 0 Å². The first-order valence-electron chi connectivity index (χ1n) is 7.05. The van der Waals surface area contributed by atoms with E-state index in [9.17, 15) is 4.79 Å². The van der Waals surface area contributed by atoms with Gasteiger partial charge in [-0.15, -0.1) is 10.2 Å². The highest BCUT2D eigenvalue weighted by Crippen LogP contribution is 2.17. The van der Waals surface area contributed by atoms with Crippen LogP contribution in [0.25, 0.3) is 6.08 Å². The maximum Gasteiger partial charge on any atom is 0.250 e. The number of nitrogens with one attached hydrogen (secondary N) is 1. The summed E-state index contributed by atoms with van der Waals surface area (Å²) in [6.45, 7) is 4.17. The molecule has 0 unspecified atom stereocenters. The largest absolute Gasteiger partial charge is 0.297 e. The zero-order valence-electron chi connectivity index (χ0n) is 12.3. The van der Waals surface area contributed by atoms with Crippen molar-refractivity contribution >= 4 is 28.5 Å². The number of nitrogens with zero attached hydrogens (tertiary/aromatic N) is 2. The van der Waals surface area contributed by atoms with Crippen LogP contribution in [0, 0.1) is 6.92 Å². The van der Waals surface area contributed by atoms with E-state index < -0.39 is 0 Å². The molecule has 0 bridgehead atoms. The minimum atomic E-state index is -0.186. The van der Waals surface area contributed by atoms with Gasteiger partial charge in [0, 0.05) is 12.5 Å². The van der Waals surface area contributed by atoms with E-state index in [1.54, 1.807) is 6.08 Å². The number of anilines is 1. The van der Waals surface area contributed by atoms with E-state index in [4.69, 9.17) is 0 Å². The molecule has 0 atom stereocenters. The Morgan fingerprint density at radius 2 is 2.05 bits per heavy atom. The molecule has 0 saturated heterocycles. The highest BCUT2D eigenvalue weighted by Gasteiger charge is 2.05. The van der Waals surface area contributed by atoms with Crippen LogP contribution in [0.3, 0.4) is 0 Å². The number of hydrogen-bond acceptors (Lipinski definition) is 4. The van der Waals surface area contributed by atoms with Crippen LogP contribution in [0.15, 0.2) is 30.3 Å². The summed E-state index contributed by atoms with van der Waals surface area (Å²) in [6.07, 6.45) is 6.44. The summed E-state index contributed by atoms with van der Waals surface area (Å²) in [5, 5.41) is 12.3. The molecule has 4 nitrogen and oxygen atoms in total. The van der Waals surface area contributed by atoms with Gasteiger partial charge in [0.1, 0.15) is 5.01 Å². The standard InChI is InChI=1S/C16H19N3OS/c1-3-4-5-15-18-19-16(21-15)17-14(20)11-10-13-8-6-12(2)7-9-13/h6-11H,3-5H2,1-2H3,(H,17,19,20)/b11-10+. The fourth-order valence-electron chi connectivity index (χ4n) is 1.73. The van der Waals surface area contributed by atoms with Crippen molar-refractivity contribution in [3.8, 4) is 0 Å². The van der Waals surface area contributed by atoms with Gasteiger partial charge in [-0.3, -0.25) is 10.1 Å². The topological polar surface area (TPSA) is 54.9 Å². The third kappa shape index (κ3) is 5.11. The first-order valence-corrected chi connectivity index (χ1v) is 7.87. The molecular weight excluding hydrogens is 282 g/mol. The smallest absolute Gasteiger partial charge is 0.250 e. The number of rotatable bonds is 6. The fourth-order valence-corrected chi connectivity index (χ4v) is 2.51. The molecule has 2 rings (SSSR count). The molecule has 21 heavy (non-hydrogen) atoms. The lowest BCUT2D eigenvalue weighted by Gasteiger charge is -1.96. The van der Waals surface area contributed by atoms with E-state index >= 15 is 0 Å². The summed E-state index contributed by atoms with van der Waals surface area (Å²) in [6, 6.07) is 7.99. The Hall–Kier alpha value is -2.01.